The van der Waals surface area contributed by atoms with E-state index >= 15 is 0 Å². The molecule has 0 spiro atoms. The molecule has 1 unspecified atom stereocenters. The zero-order valence-electron chi connectivity index (χ0n) is 9.60. The summed E-state index contributed by atoms with van der Waals surface area (Å²) in [5.41, 5.74) is 0.745. The summed E-state index contributed by atoms with van der Waals surface area (Å²) in [7, 11) is 0. The Morgan fingerprint density at radius 1 is 1.56 bits per heavy atom. The number of carboxylic acid groups (broad SMARTS) is 1. The Morgan fingerprint density at radius 3 is 3.00 bits per heavy atom. The van der Waals surface area contributed by atoms with Crippen LogP contribution in [-0.4, -0.2) is 41.8 Å². The monoisotopic (exact) mass is 317 g/mol. The first-order chi connectivity index (χ1) is 8.56. The van der Waals surface area contributed by atoms with E-state index in [2.05, 4.69) is 15.9 Å². The van der Waals surface area contributed by atoms with E-state index < -0.39 is 12.0 Å². The molecule has 1 aromatic rings. The van der Waals surface area contributed by atoms with Crippen LogP contribution < -0.4 is 0 Å². The van der Waals surface area contributed by atoms with Crippen LogP contribution in [0.5, 0.6) is 0 Å². The minimum Gasteiger partial charge on any atom is -0.480 e. The maximum atomic E-state index is 13.2. The van der Waals surface area contributed by atoms with Crippen LogP contribution in [0.2, 0.25) is 0 Å². The second-order valence-corrected chi connectivity index (χ2v) is 5.09. The van der Waals surface area contributed by atoms with Gasteiger partial charge in [0.05, 0.1) is 13.2 Å². The van der Waals surface area contributed by atoms with Crippen LogP contribution >= 0.6 is 15.9 Å². The molecular weight excluding hydrogens is 305 g/mol. The van der Waals surface area contributed by atoms with Crippen LogP contribution in [0.15, 0.2) is 22.7 Å². The first-order valence-corrected chi connectivity index (χ1v) is 6.35. The predicted octanol–water partition coefficient (Wildman–Crippen LogP) is 1.87. The van der Waals surface area contributed by atoms with Crippen LogP contribution in [0.25, 0.3) is 0 Å². The molecule has 0 amide bonds. The number of rotatable bonds is 3. The normalized spacial score (nSPS) is 20.9. The summed E-state index contributed by atoms with van der Waals surface area (Å²) in [5.74, 6) is -1.25. The van der Waals surface area contributed by atoms with Gasteiger partial charge in [0.1, 0.15) is 11.9 Å². The summed E-state index contributed by atoms with van der Waals surface area (Å²) in [5, 5.41) is 9.09. The lowest BCUT2D eigenvalue weighted by atomic mass is 10.1. The van der Waals surface area contributed by atoms with E-state index in [1.165, 1.54) is 12.1 Å². The topological polar surface area (TPSA) is 49.8 Å². The fourth-order valence-corrected chi connectivity index (χ4v) is 2.50. The van der Waals surface area contributed by atoms with E-state index in [0.29, 0.717) is 24.2 Å². The Bertz CT molecular complexity index is 435. The lowest BCUT2D eigenvalue weighted by Gasteiger charge is -2.32. The zero-order valence-corrected chi connectivity index (χ0v) is 11.2. The minimum atomic E-state index is -0.912. The van der Waals surface area contributed by atoms with Gasteiger partial charge in [0.15, 0.2) is 0 Å². The summed E-state index contributed by atoms with van der Waals surface area (Å²) >= 11 is 3.22. The highest BCUT2D eigenvalue weighted by Crippen LogP contribution is 2.18. The van der Waals surface area contributed by atoms with Gasteiger partial charge in [-0.05, 0) is 23.8 Å². The zero-order chi connectivity index (χ0) is 13.1. The number of hydrogen-bond acceptors (Lipinski definition) is 3. The molecule has 0 radical (unpaired) electrons. The first kappa shape index (κ1) is 13.5. The van der Waals surface area contributed by atoms with Crippen molar-refractivity contribution in [3.8, 4) is 0 Å². The Morgan fingerprint density at radius 2 is 2.33 bits per heavy atom. The maximum absolute atomic E-state index is 13.2. The number of halogens is 2. The number of hydrogen-bond donors (Lipinski definition) is 1. The third kappa shape index (κ3) is 3.28. The van der Waals surface area contributed by atoms with Crippen molar-refractivity contribution in [1.29, 1.82) is 0 Å². The molecule has 98 valence electrons. The minimum absolute atomic E-state index is 0.172. The Balaban J connectivity index is 2.13. The van der Waals surface area contributed by atoms with Crippen molar-refractivity contribution in [2.75, 3.05) is 19.8 Å². The molecule has 1 saturated heterocycles. The molecule has 18 heavy (non-hydrogen) atoms. The molecular formula is C12H13BrFNO3. The Hall–Kier alpha value is -0.980. The number of carbonyl (C=O) groups is 1. The molecule has 4 nitrogen and oxygen atoms in total. The van der Waals surface area contributed by atoms with E-state index in [0.717, 1.165) is 5.56 Å². The standard InChI is InChI=1S/C12H13BrFNO3/c13-9-3-8(4-10(14)5-9)6-15-1-2-18-7-11(15)12(16)17/h3-5,11H,1-2,6-7H2,(H,16,17). The number of carboxylic acids is 1. The second-order valence-electron chi connectivity index (χ2n) is 4.18. The van der Waals surface area contributed by atoms with E-state index in [1.807, 2.05) is 0 Å². The van der Waals surface area contributed by atoms with Crippen molar-refractivity contribution in [3.63, 3.8) is 0 Å². The molecule has 1 aliphatic rings. The van der Waals surface area contributed by atoms with Crippen molar-refractivity contribution in [3.05, 3.63) is 34.1 Å². The van der Waals surface area contributed by atoms with Gasteiger partial charge in [0, 0.05) is 17.6 Å². The molecule has 1 aliphatic heterocycles. The van der Waals surface area contributed by atoms with Gasteiger partial charge in [-0.25, -0.2) is 4.39 Å². The van der Waals surface area contributed by atoms with Crippen LogP contribution in [0.3, 0.4) is 0 Å². The summed E-state index contributed by atoms with van der Waals surface area (Å²) in [6.07, 6.45) is 0. The fourth-order valence-electron chi connectivity index (χ4n) is 1.99. The number of aliphatic carboxylic acids is 1. The highest BCUT2D eigenvalue weighted by atomic mass is 79.9. The molecule has 1 N–H and O–H groups in total. The van der Waals surface area contributed by atoms with E-state index in [4.69, 9.17) is 9.84 Å². The number of ether oxygens (including phenoxy) is 1. The van der Waals surface area contributed by atoms with Crippen molar-refractivity contribution in [2.45, 2.75) is 12.6 Å². The van der Waals surface area contributed by atoms with Crippen LogP contribution in [-0.2, 0) is 16.1 Å². The molecule has 0 aliphatic carbocycles. The van der Waals surface area contributed by atoms with Gasteiger partial charge in [-0.2, -0.15) is 0 Å². The quantitative estimate of drug-likeness (QED) is 0.924. The number of benzene rings is 1. The van der Waals surface area contributed by atoms with Gasteiger partial charge in [0.2, 0.25) is 0 Å². The average molecular weight is 318 g/mol. The summed E-state index contributed by atoms with van der Waals surface area (Å²) in [6.45, 7) is 1.61. The third-order valence-electron chi connectivity index (χ3n) is 2.83. The predicted molar refractivity (Wildman–Crippen MR) is 66.8 cm³/mol. The first-order valence-electron chi connectivity index (χ1n) is 5.56. The highest BCUT2D eigenvalue weighted by molar-refractivity contribution is 9.10. The van der Waals surface area contributed by atoms with Gasteiger partial charge in [0.25, 0.3) is 0 Å². The van der Waals surface area contributed by atoms with Crippen molar-refractivity contribution >= 4 is 21.9 Å². The molecule has 6 heteroatoms. The van der Waals surface area contributed by atoms with Gasteiger partial charge in [-0.15, -0.1) is 0 Å². The molecule has 1 aromatic carbocycles. The SMILES string of the molecule is O=C(O)C1COCCN1Cc1cc(F)cc(Br)c1. The maximum Gasteiger partial charge on any atom is 0.323 e. The highest BCUT2D eigenvalue weighted by Gasteiger charge is 2.29. The largest absolute Gasteiger partial charge is 0.480 e. The average Bonchev–Trinajstić information content (AvgIpc) is 2.27. The molecule has 0 aromatic heterocycles. The fraction of sp³-hybridized carbons (Fsp3) is 0.417. The summed E-state index contributed by atoms with van der Waals surface area (Å²) in [4.78, 5) is 12.9. The van der Waals surface area contributed by atoms with Gasteiger partial charge in [-0.1, -0.05) is 15.9 Å². The lowest BCUT2D eigenvalue weighted by molar-refractivity contribution is -0.150. The van der Waals surface area contributed by atoms with E-state index in [-0.39, 0.29) is 12.4 Å². The molecule has 2 rings (SSSR count). The smallest absolute Gasteiger partial charge is 0.323 e. The Labute approximate surface area is 112 Å². The van der Waals surface area contributed by atoms with Crippen LogP contribution in [0.4, 0.5) is 4.39 Å². The lowest BCUT2D eigenvalue weighted by Crippen LogP contribution is -2.49. The second kappa shape index (κ2) is 5.77. The Kier molecular flexibility index (Phi) is 4.31. The van der Waals surface area contributed by atoms with E-state index in [9.17, 15) is 9.18 Å². The van der Waals surface area contributed by atoms with E-state index in [1.54, 1.807) is 11.0 Å². The van der Waals surface area contributed by atoms with Gasteiger partial charge < -0.3 is 9.84 Å². The number of morpholine rings is 1. The van der Waals surface area contributed by atoms with Crippen LogP contribution in [0.1, 0.15) is 5.56 Å². The van der Waals surface area contributed by atoms with Gasteiger partial charge >= 0.3 is 5.97 Å². The van der Waals surface area contributed by atoms with Crippen LogP contribution in [0, 0.1) is 5.82 Å². The van der Waals surface area contributed by atoms with Crippen molar-refractivity contribution < 1.29 is 19.0 Å². The molecule has 0 saturated carbocycles. The molecule has 1 fully saturated rings. The molecule has 1 heterocycles. The summed E-state index contributed by atoms with van der Waals surface area (Å²) < 4.78 is 19.1. The van der Waals surface area contributed by atoms with Crippen molar-refractivity contribution in [2.24, 2.45) is 0 Å². The molecule has 0 bridgehead atoms. The van der Waals surface area contributed by atoms with Crippen molar-refractivity contribution in [1.82, 2.24) is 4.90 Å². The molecule has 1 atom stereocenters. The number of nitrogens with zero attached hydrogens (tertiary/aromatic N) is 1. The van der Waals surface area contributed by atoms with Gasteiger partial charge in [-0.3, -0.25) is 9.69 Å². The third-order valence-corrected chi connectivity index (χ3v) is 3.29. The summed E-state index contributed by atoms with van der Waals surface area (Å²) in [6, 6.07) is 3.91.